The zero-order valence-corrected chi connectivity index (χ0v) is 17.5. The van der Waals surface area contributed by atoms with E-state index >= 15 is 0 Å². The zero-order valence-electron chi connectivity index (χ0n) is 15.9. The lowest BCUT2D eigenvalue weighted by Gasteiger charge is -2.17. The molecule has 0 unspecified atom stereocenters. The molecule has 0 saturated heterocycles. The Morgan fingerprint density at radius 2 is 0.733 bits per heavy atom. The van der Waals surface area contributed by atoms with Gasteiger partial charge in [0.25, 0.3) is 0 Å². The van der Waals surface area contributed by atoms with Gasteiger partial charge in [-0.3, -0.25) is 0 Å². The maximum atomic E-state index is 8.49. The number of pyridine rings is 2. The normalized spacial score (nSPS) is 11.9. The van der Waals surface area contributed by atoms with E-state index in [1.165, 1.54) is 32.3 Å². The third-order valence-electron chi connectivity index (χ3n) is 4.24. The molecule has 0 aliphatic carbocycles. The topological polar surface area (TPSA) is 192 Å². The summed E-state index contributed by atoms with van der Waals surface area (Å²) < 4.78 is 72.5. The molecular formula is C18H18Cl2N2O8. The minimum atomic E-state index is -4.94. The molecule has 12 heteroatoms. The molecule has 2 heterocycles. The van der Waals surface area contributed by atoms with Gasteiger partial charge in [-0.1, -0.05) is 0 Å². The Morgan fingerprint density at radius 1 is 0.533 bits per heavy atom. The van der Waals surface area contributed by atoms with Crippen molar-refractivity contribution in [3.8, 4) is 0 Å². The maximum absolute atomic E-state index is 8.49. The minimum absolute atomic E-state index is 1.01. The van der Waals surface area contributed by atoms with E-state index in [9.17, 15) is 0 Å². The maximum Gasteiger partial charge on any atom is 0.176 e. The molecule has 0 saturated carbocycles. The van der Waals surface area contributed by atoms with Crippen molar-refractivity contribution >= 4 is 32.3 Å². The smallest absolute Gasteiger partial charge is 0.176 e. The van der Waals surface area contributed by atoms with E-state index in [1.807, 2.05) is 0 Å². The number of aryl methyl sites for hydroxylation is 2. The van der Waals surface area contributed by atoms with E-state index in [1.54, 1.807) is 0 Å². The molecule has 0 spiro atoms. The van der Waals surface area contributed by atoms with Crippen LogP contribution in [0.2, 0.25) is 0 Å². The van der Waals surface area contributed by atoms with Gasteiger partial charge in [0.1, 0.15) is 13.1 Å². The highest BCUT2D eigenvalue weighted by atomic mass is 35.7. The predicted octanol–water partition coefficient (Wildman–Crippen LogP) is -6.31. The third-order valence-corrected chi connectivity index (χ3v) is 4.24. The fourth-order valence-electron chi connectivity index (χ4n) is 3.19. The van der Waals surface area contributed by atoms with E-state index in [0.717, 1.165) is 13.1 Å². The number of hydrogen-bond donors (Lipinski definition) is 0. The van der Waals surface area contributed by atoms with Crippen LogP contribution in [0.3, 0.4) is 0 Å². The van der Waals surface area contributed by atoms with Gasteiger partial charge >= 0.3 is 0 Å². The number of benzene rings is 2. The number of aromatic nitrogens is 2. The second-order valence-electron chi connectivity index (χ2n) is 6.17. The van der Waals surface area contributed by atoms with Gasteiger partial charge in [0, 0.05) is 32.3 Å². The standard InChI is InChI=1S/C18H18N2.2ClHO4/c1-3-19-9-13-5-7-15-11-20(4-2)12-16-8-6-14(10-19)17(13)18(15)16;2*2-1(3,4)5/h5-12H,3-4H2,1-2H3;2*(H,2,3,4,5)/q+2;;/p-2. The van der Waals surface area contributed by atoms with Crippen LogP contribution >= 0.6 is 0 Å². The van der Waals surface area contributed by atoms with E-state index in [2.05, 4.69) is 72.0 Å². The summed E-state index contributed by atoms with van der Waals surface area (Å²) in [5.74, 6) is 0. The molecule has 30 heavy (non-hydrogen) atoms. The Kier molecular flexibility index (Phi) is 7.66. The molecule has 0 amide bonds. The first-order chi connectivity index (χ1) is 13.8. The van der Waals surface area contributed by atoms with Gasteiger partial charge in [-0.05, 0) is 38.1 Å². The van der Waals surface area contributed by atoms with Gasteiger partial charge in [-0.25, -0.2) is 46.4 Å². The van der Waals surface area contributed by atoms with Crippen molar-refractivity contribution in [2.24, 2.45) is 0 Å². The van der Waals surface area contributed by atoms with Crippen LogP contribution in [0.4, 0.5) is 0 Å². The van der Waals surface area contributed by atoms with Crippen molar-refractivity contribution in [1.29, 1.82) is 0 Å². The Morgan fingerprint density at radius 3 is 0.900 bits per heavy atom. The first-order valence-electron chi connectivity index (χ1n) is 8.54. The third kappa shape index (κ3) is 7.07. The first kappa shape index (κ1) is 24.3. The van der Waals surface area contributed by atoms with Crippen LogP contribution in [0.25, 0.3) is 32.3 Å². The monoisotopic (exact) mass is 460 g/mol. The second kappa shape index (κ2) is 9.45. The van der Waals surface area contributed by atoms with Crippen molar-refractivity contribution in [2.45, 2.75) is 26.9 Å². The Labute approximate surface area is 175 Å². The quantitative estimate of drug-likeness (QED) is 0.208. The summed E-state index contributed by atoms with van der Waals surface area (Å²) in [5.41, 5.74) is 0. The van der Waals surface area contributed by atoms with Crippen LogP contribution in [0.5, 0.6) is 0 Å². The summed E-state index contributed by atoms with van der Waals surface area (Å²) in [6.07, 6.45) is 9.01. The molecule has 0 aliphatic rings. The van der Waals surface area contributed by atoms with Crippen LogP contribution in [0.1, 0.15) is 13.8 Å². The van der Waals surface area contributed by atoms with Crippen molar-refractivity contribution in [3.63, 3.8) is 0 Å². The van der Waals surface area contributed by atoms with E-state index < -0.39 is 20.5 Å². The minimum Gasteiger partial charge on any atom is -0.222 e. The van der Waals surface area contributed by atoms with Crippen molar-refractivity contribution in [3.05, 3.63) is 49.1 Å². The van der Waals surface area contributed by atoms with Crippen molar-refractivity contribution in [1.82, 2.24) is 0 Å². The lowest BCUT2D eigenvalue weighted by molar-refractivity contribution is -2.00. The van der Waals surface area contributed by atoms with Crippen molar-refractivity contribution < 1.29 is 66.9 Å². The second-order valence-corrected chi connectivity index (χ2v) is 7.68. The molecule has 0 bridgehead atoms. The molecule has 4 aromatic rings. The molecular weight excluding hydrogens is 443 g/mol. The van der Waals surface area contributed by atoms with Crippen LogP contribution in [-0.4, -0.2) is 0 Å². The molecule has 10 nitrogen and oxygen atoms in total. The molecule has 0 N–H and O–H groups in total. The van der Waals surface area contributed by atoms with Gasteiger partial charge in [0.15, 0.2) is 24.8 Å². The molecule has 0 fully saturated rings. The van der Waals surface area contributed by atoms with Crippen LogP contribution < -0.4 is 46.4 Å². The summed E-state index contributed by atoms with van der Waals surface area (Å²) in [7, 11) is -9.89. The first-order valence-corrected chi connectivity index (χ1v) is 11.0. The summed E-state index contributed by atoms with van der Waals surface area (Å²) >= 11 is 0. The van der Waals surface area contributed by atoms with Crippen molar-refractivity contribution in [2.75, 3.05) is 0 Å². The van der Waals surface area contributed by atoms with Gasteiger partial charge in [0.2, 0.25) is 0 Å². The Hall–Kier alpha value is -1.96. The molecule has 4 rings (SSSR count). The highest BCUT2D eigenvalue weighted by Gasteiger charge is 2.15. The van der Waals surface area contributed by atoms with E-state index in [-0.39, 0.29) is 0 Å². The highest BCUT2D eigenvalue weighted by molar-refractivity contribution is 6.21. The summed E-state index contributed by atoms with van der Waals surface area (Å²) in [6.45, 7) is 6.38. The molecule has 2 aromatic carbocycles. The molecule has 0 aliphatic heterocycles. The molecule has 2 aromatic heterocycles. The number of halogens is 2. The molecule has 0 radical (unpaired) electrons. The SMILES string of the molecule is CC[n+]1cc2ccc3c[n+](CC)cc4ccc(c1)c2c34.[O-][Cl+3]([O-])([O-])[O-].[O-][Cl+3]([O-])([O-])[O-]. The Bertz CT molecular complexity index is 961. The number of hydrogen-bond acceptors (Lipinski definition) is 8. The Balaban J connectivity index is 0.000000271. The van der Waals surface area contributed by atoms with Crippen LogP contribution in [-0.2, 0) is 13.1 Å². The average molecular weight is 461 g/mol. The molecule has 0 atom stereocenters. The number of rotatable bonds is 2. The fourth-order valence-corrected chi connectivity index (χ4v) is 3.19. The average Bonchev–Trinajstić information content (AvgIpc) is 2.62. The lowest BCUT2D eigenvalue weighted by atomic mass is 9.97. The zero-order chi connectivity index (χ0) is 22.7. The summed E-state index contributed by atoms with van der Waals surface area (Å²) in [5, 5.41) is 8.11. The van der Waals surface area contributed by atoms with Gasteiger partial charge in [-0.2, -0.15) is 0 Å². The molecule has 162 valence electrons. The van der Waals surface area contributed by atoms with E-state index in [4.69, 9.17) is 37.3 Å². The largest absolute Gasteiger partial charge is 0.222 e. The van der Waals surface area contributed by atoms with Gasteiger partial charge in [0.05, 0.1) is 0 Å². The number of nitrogens with zero attached hydrogens (tertiary/aromatic N) is 2. The van der Waals surface area contributed by atoms with E-state index in [0.29, 0.717) is 0 Å². The highest BCUT2D eigenvalue weighted by Crippen LogP contribution is 2.32. The predicted molar refractivity (Wildman–Crippen MR) is 81.9 cm³/mol. The fraction of sp³-hybridized carbons (Fsp3) is 0.222. The van der Waals surface area contributed by atoms with Gasteiger partial charge in [-0.15, -0.1) is 20.5 Å². The van der Waals surface area contributed by atoms with Crippen LogP contribution in [0.15, 0.2) is 49.1 Å². The lowest BCUT2D eigenvalue weighted by Crippen LogP contribution is -2.68. The van der Waals surface area contributed by atoms with Gasteiger partial charge < -0.3 is 0 Å². The summed E-state index contributed by atoms with van der Waals surface area (Å²) in [6, 6.07) is 8.99. The van der Waals surface area contributed by atoms with Crippen LogP contribution in [0, 0.1) is 20.5 Å². The summed E-state index contributed by atoms with van der Waals surface area (Å²) in [4.78, 5) is 0.